The molecule has 2 amide bonds. The van der Waals surface area contributed by atoms with Gasteiger partial charge in [-0.25, -0.2) is 22.0 Å². The fraction of sp³-hybridized carbons (Fsp3) is 0.381. The number of hydrogen-bond acceptors (Lipinski definition) is 4. The molecule has 2 aliphatic heterocycles. The third kappa shape index (κ3) is 3.03. The molecule has 5 rings (SSSR count). The van der Waals surface area contributed by atoms with E-state index in [1.807, 2.05) is 0 Å². The summed E-state index contributed by atoms with van der Waals surface area (Å²) in [6, 6.07) is -0.847. The maximum absolute atomic E-state index is 14.2. The minimum absolute atomic E-state index is 0.0787. The molecule has 12 heteroatoms. The second kappa shape index (κ2) is 7.29. The zero-order chi connectivity index (χ0) is 23.8. The molecule has 0 spiro atoms. The fourth-order valence-electron chi connectivity index (χ4n) is 5.11. The van der Waals surface area contributed by atoms with E-state index in [1.165, 1.54) is 0 Å². The van der Waals surface area contributed by atoms with E-state index >= 15 is 0 Å². The average molecular weight is 469 g/mol. The standard InChI is InChI=1S/C21H16F5N3O4/c22-7-1-11(23)9(12(24)2-7)4-27-20(32)10-5-28-6-14-8-3-13(16(26)15(8)25)29(14)21(33)17(28)19(31)18(10)30/h1-2,5,8,13-16,31H,3-4,6H2,(H,27,32)/t8-,13-,14+,15+,16+/m1/s1. The van der Waals surface area contributed by atoms with Crippen molar-refractivity contribution in [2.24, 2.45) is 5.92 Å². The molecule has 174 valence electrons. The van der Waals surface area contributed by atoms with Crippen molar-refractivity contribution in [1.82, 2.24) is 14.8 Å². The lowest BCUT2D eigenvalue weighted by Gasteiger charge is -2.42. The number of rotatable bonds is 3. The highest BCUT2D eigenvalue weighted by Crippen LogP contribution is 2.48. The average Bonchev–Trinajstić information content (AvgIpc) is 3.26. The molecule has 5 atom stereocenters. The molecule has 0 unspecified atom stereocenters. The van der Waals surface area contributed by atoms with Crippen molar-refractivity contribution in [3.05, 3.63) is 62.8 Å². The molecule has 1 saturated carbocycles. The highest BCUT2D eigenvalue weighted by atomic mass is 19.2. The topological polar surface area (TPSA) is 91.6 Å². The lowest BCUT2D eigenvalue weighted by atomic mass is 9.93. The Morgan fingerprint density at radius 3 is 2.42 bits per heavy atom. The summed E-state index contributed by atoms with van der Waals surface area (Å²) in [4.78, 5) is 39.2. The quantitative estimate of drug-likeness (QED) is 0.671. The molecule has 2 fully saturated rings. The maximum Gasteiger partial charge on any atom is 0.275 e. The van der Waals surface area contributed by atoms with Gasteiger partial charge in [-0.2, -0.15) is 0 Å². The van der Waals surface area contributed by atoms with Crippen LogP contribution in [0.25, 0.3) is 0 Å². The molecule has 33 heavy (non-hydrogen) atoms. The zero-order valence-electron chi connectivity index (χ0n) is 16.7. The second-order valence-corrected chi connectivity index (χ2v) is 8.39. The summed E-state index contributed by atoms with van der Waals surface area (Å²) in [5, 5.41) is 12.5. The van der Waals surface area contributed by atoms with Crippen LogP contribution in [0, 0.1) is 23.4 Å². The van der Waals surface area contributed by atoms with Crippen molar-refractivity contribution >= 4 is 11.8 Å². The van der Waals surface area contributed by atoms with Crippen LogP contribution in [-0.2, 0) is 13.1 Å². The van der Waals surface area contributed by atoms with Crippen LogP contribution in [0.4, 0.5) is 22.0 Å². The Balaban J connectivity index is 1.45. The summed E-state index contributed by atoms with van der Waals surface area (Å²) in [7, 11) is 0. The van der Waals surface area contributed by atoms with Crippen molar-refractivity contribution < 1.29 is 36.6 Å². The van der Waals surface area contributed by atoms with E-state index in [0.29, 0.717) is 12.1 Å². The van der Waals surface area contributed by atoms with E-state index in [-0.39, 0.29) is 13.0 Å². The van der Waals surface area contributed by atoms with E-state index < -0.39 is 94.2 Å². The normalized spacial score (nSPS) is 27.5. The van der Waals surface area contributed by atoms with Crippen LogP contribution < -0.4 is 10.7 Å². The molecule has 1 aromatic heterocycles. The first-order valence-electron chi connectivity index (χ1n) is 10.1. The lowest BCUT2D eigenvalue weighted by molar-refractivity contribution is 0.00144. The van der Waals surface area contributed by atoms with Gasteiger partial charge in [0, 0.05) is 42.9 Å². The predicted molar refractivity (Wildman–Crippen MR) is 101 cm³/mol. The number of aromatic nitrogens is 1. The van der Waals surface area contributed by atoms with Gasteiger partial charge in [0.2, 0.25) is 5.43 Å². The van der Waals surface area contributed by atoms with Gasteiger partial charge >= 0.3 is 0 Å². The number of nitrogens with zero attached hydrogens (tertiary/aromatic N) is 2. The number of alkyl halides is 2. The van der Waals surface area contributed by atoms with Crippen LogP contribution >= 0.6 is 0 Å². The predicted octanol–water partition coefficient (Wildman–Crippen LogP) is 1.80. The number of carbonyl (C=O) groups excluding carboxylic acids is 2. The van der Waals surface area contributed by atoms with Crippen LogP contribution in [0.3, 0.4) is 0 Å². The Hall–Kier alpha value is -3.44. The smallest absolute Gasteiger partial charge is 0.275 e. The van der Waals surface area contributed by atoms with Crippen molar-refractivity contribution in [2.75, 3.05) is 0 Å². The summed E-state index contributed by atoms with van der Waals surface area (Å²) in [5.74, 6) is -7.38. The van der Waals surface area contributed by atoms with Crippen LogP contribution in [0.15, 0.2) is 23.1 Å². The monoisotopic (exact) mass is 469 g/mol. The minimum Gasteiger partial charge on any atom is -0.503 e. The summed E-state index contributed by atoms with van der Waals surface area (Å²) in [6.45, 7) is -0.802. The number of carbonyl (C=O) groups is 2. The van der Waals surface area contributed by atoms with Gasteiger partial charge < -0.3 is 19.9 Å². The Kier molecular flexibility index (Phi) is 4.73. The summed E-state index contributed by atoms with van der Waals surface area (Å²) >= 11 is 0. The number of amides is 2. The van der Waals surface area contributed by atoms with Crippen LogP contribution in [0.5, 0.6) is 5.75 Å². The van der Waals surface area contributed by atoms with Gasteiger partial charge in [-0.05, 0) is 6.42 Å². The molecule has 2 N–H and O–H groups in total. The summed E-state index contributed by atoms with van der Waals surface area (Å²) in [6.07, 6.45) is -2.50. The lowest BCUT2D eigenvalue weighted by Crippen LogP contribution is -2.58. The largest absolute Gasteiger partial charge is 0.503 e. The van der Waals surface area contributed by atoms with Crippen molar-refractivity contribution in [2.45, 2.75) is 43.9 Å². The first-order valence-corrected chi connectivity index (χ1v) is 10.1. The Morgan fingerprint density at radius 1 is 1.09 bits per heavy atom. The number of piperidine rings is 1. The minimum atomic E-state index is -1.85. The third-order valence-corrected chi connectivity index (χ3v) is 6.66. The van der Waals surface area contributed by atoms with E-state index in [4.69, 9.17) is 0 Å². The zero-order valence-corrected chi connectivity index (χ0v) is 16.7. The molecule has 1 aromatic carbocycles. The SMILES string of the molecule is O=C(NCc1c(F)cc(F)cc1F)c1cn2c(c(O)c1=O)C(=O)N1[C@@H]3C[C@@H]([C@H](F)[C@H]3F)[C@@H]1C2. The molecule has 3 aliphatic rings. The van der Waals surface area contributed by atoms with Crippen molar-refractivity contribution in [3.63, 3.8) is 0 Å². The van der Waals surface area contributed by atoms with Gasteiger partial charge in [0.25, 0.3) is 11.8 Å². The molecule has 0 radical (unpaired) electrons. The molecule has 7 nitrogen and oxygen atoms in total. The maximum atomic E-state index is 14.2. The fourth-order valence-corrected chi connectivity index (χ4v) is 5.11. The third-order valence-electron chi connectivity index (χ3n) is 6.66. The Morgan fingerprint density at radius 2 is 1.76 bits per heavy atom. The van der Waals surface area contributed by atoms with Gasteiger partial charge in [0.1, 0.15) is 29.2 Å². The highest BCUT2D eigenvalue weighted by molar-refractivity contribution is 5.99. The molecule has 2 bridgehead atoms. The number of benzene rings is 1. The number of hydrogen-bond donors (Lipinski definition) is 2. The van der Waals surface area contributed by atoms with Crippen LogP contribution in [0.2, 0.25) is 0 Å². The molecular weight excluding hydrogens is 453 g/mol. The second-order valence-electron chi connectivity index (χ2n) is 8.39. The first kappa shape index (κ1) is 21.4. The molecular formula is C21H16F5N3O4. The van der Waals surface area contributed by atoms with E-state index in [0.717, 1.165) is 15.7 Å². The van der Waals surface area contributed by atoms with Crippen molar-refractivity contribution in [1.29, 1.82) is 0 Å². The van der Waals surface area contributed by atoms with Gasteiger partial charge in [-0.1, -0.05) is 0 Å². The molecule has 2 aromatic rings. The Labute approximate surface area is 182 Å². The van der Waals surface area contributed by atoms with Gasteiger partial charge in [0.05, 0.1) is 12.1 Å². The highest BCUT2D eigenvalue weighted by Gasteiger charge is 2.61. The molecule has 3 heterocycles. The number of nitrogens with one attached hydrogen (secondary N) is 1. The van der Waals surface area contributed by atoms with Crippen LogP contribution in [-0.4, -0.2) is 50.8 Å². The number of aromatic hydroxyl groups is 1. The number of fused-ring (bicyclic) bond motifs is 6. The number of pyridine rings is 1. The van der Waals surface area contributed by atoms with Gasteiger partial charge in [0.15, 0.2) is 17.6 Å². The first-order chi connectivity index (χ1) is 15.6. The molecule has 1 saturated heterocycles. The van der Waals surface area contributed by atoms with Gasteiger partial charge in [-0.3, -0.25) is 14.4 Å². The Bertz CT molecular complexity index is 1240. The summed E-state index contributed by atoms with van der Waals surface area (Å²) in [5.41, 5.74) is -2.92. The van der Waals surface area contributed by atoms with Gasteiger partial charge in [-0.15, -0.1) is 0 Å². The van der Waals surface area contributed by atoms with E-state index in [2.05, 4.69) is 5.32 Å². The van der Waals surface area contributed by atoms with E-state index in [9.17, 15) is 41.4 Å². The number of halogens is 5. The summed E-state index contributed by atoms with van der Waals surface area (Å²) < 4.78 is 70.1. The van der Waals surface area contributed by atoms with Crippen LogP contribution in [0.1, 0.15) is 32.8 Å². The van der Waals surface area contributed by atoms with E-state index in [1.54, 1.807) is 0 Å². The van der Waals surface area contributed by atoms with Crippen molar-refractivity contribution in [3.8, 4) is 5.75 Å². The molecule has 1 aliphatic carbocycles.